The van der Waals surface area contributed by atoms with Gasteiger partial charge in [-0.25, -0.2) is 4.39 Å². The highest BCUT2D eigenvalue weighted by molar-refractivity contribution is 5.95. The van der Waals surface area contributed by atoms with Gasteiger partial charge >= 0.3 is 0 Å². The van der Waals surface area contributed by atoms with Crippen LogP contribution in [0.3, 0.4) is 0 Å². The van der Waals surface area contributed by atoms with E-state index in [0.29, 0.717) is 49.4 Å². The van der Waals surface area contributed by atoms with Crippen LogP contribution in [-0.4, -0.2) is 47.8 Å². The Hall–Kier alpha value is -2.60. The van der Waals surface area contributed by atoms with Crippen LogP contribution >= 0.6 is 12.4 Å². The van der Waals surface area contributed by atoms with Crippen molar-refractivity contribution in [1.82, 2.24) is 9.80 Å². The molecule has 0 atom stereocenters. The number of nitrogen functional groups attached to an aromatic ring is 1. The van der Waals surface area contributed by atoms with Crippen molar-refractivity contribution in [2.24, 2.45) is 0 Å². The zero-order chi connectivity index (χ0) is 18.5. The van der Waals surface area contributed by atoms with Crippen molar-refractivity contribution in [3.8, 4) is 0 Å². The number of rotatable bonds is 3. The van der Waals surface area contributed by atoms with Gasteiger partial charge in [0, 0.05) is 37.4 Å². The smallest absolute Gasteiger partial charge is 0.253 e. The summed E-state index contributed by atoms with van der Waals surface area (Å²) in [6.45, 7) is 2.14. The van der Waals surface area contributed by atoms with E-state index < -0.39 is 0 Å². The molecule has 1 saturated heterocycles. The Morgan fingerprint density at radius 1 is 0.963 bits per heavy atom. The maximum absolute atomic E-state index is 13.3. The second-order valence-corrected chi connectivity index (χ2v) is 6.46. The predicted octanol–water partition coefficient (Wildman–Crippen LogP) is 2.75. The lowest BCUT2D eigenvalue weighted by Gasteiger charge is -2.22. The van der Waals surface area contributed by atoms with Gasteiger partial charge in [-0.15, -0.1) is 12.4 Å². The molecule has 144 valence electrons. The molecular formula is C20H23ClFN3O2. The maximum atomic E-state index is 13.3. The lowest BCUT2D eigenvalue weighted by Crippen LogP contribution is -2.38. The summed E-state index contributed by atoms with van der Waals surface area (Å²) in [6.07, 6.45) is 0.879. The van der Waals surface area contributed by atoms with E-state index in [1.54, 1.807) is 46.2 Å². The molecule has 0 aliphatic carbocycles. The van der Waals surface area contributed by atoms with Gasteiger partial charge in [0.15, 0.2) is 0 Å². The van der Waals surface area contributed by atoms with Crippen LogP contribution in [0.15, 0.2) is 48.5 Å². The highest BCUT2D eigenvalue weighted by Crippen LogP contribution is 2.13. The summed E-state index contributed by atoms with van der Waals surface area (Å²) >= 11 is 0. The Kier molecular flexibility index (Phi) is 7.19. The zero-order valence-electron chi connectivity index (χ0n) is 14.9. The van der Waals surface area contributed by atoms with Crippen LogP contribution in [0.25, 0.3) is 0 Å². The highest BCUT2D eigenvalue weighted by atomic mass is 35.5. The molecule has 2 aromatic rings. The molecule has 0 unspecified atom stereocenters. The Bertz CT molecular complexity index is 815. The number of amides is 2. The lowest BCUT2D eigenvalue weighted by atomic mass is 10.1. The van der Waals surface area contributed by atoms with Gasteiger partial charge in [-0.1, -0.05) is 18.2 Å². The first-order valence-electron chi connectivity index (χ1n) is 8.70. The first-order chi connectivity index (χ1) is 12.5. The summed E-state index contributed by atoms with van der Waals surface area (Å²) in [5.74, 6) is -0.462. The fourth-order valence-electron chi connectivity index (χ4n) is 3.16. The van der Waals surface area contributed by atoms with E-state index >= 15 is 0 Å². The fourth-order valence-corrected chi connectivity index (χ4v) is 3.16. The predicted molar refractivity (Wildman–Crippen MR) is 105 cm³/mol. The molecular weight excluding hydrogens is 369 g/mol. The van der Waals surface area contributed by atoms with Crippen molar-refractivity contribution in [3.05, 3.63) is 65.5 Å². The molecule has 27 heavy (non-hydrogen) atoms. The van der Waals surface area contributed by atoms with Gasteiger partial charge in [0.05, 0.1) is 6.42 Å². The van der Waals surface area contributed by atoms with Gasteiger partial charge in [-0.2, -0.15) is 0 Å². The van der Waals surface area contributed by atoms with E-state index in [1.165, 1.54) is 12.1 Å². The second kappa shape index (κ2) is 9.37. The number of nitrogens with zero attached hydrogens (tertiary/aromatic N) is 2. The molecule has 1 aliphatic heterocycles. The molecule has 7 heteroatoms. The summed E-state index contributed by atoms with van der Waals surface area (Å²) in [6, 6.07) is 13.0. The SMILES string of the molecule is Cl.Nc1cccc(C(=O)N2CCCN(C(=O)Cc3cccc(F)c3)CC2)c1. The normalized spacial score (nSPS) is 14.3. The number of carbonyl (C=O) groups excluding carboxylic acids is 2. The largest absolute Gasteiger partial charge is 0.399 e. The standard InChI is InChI=1S/C20H22FN3O2.ClH/c21-17-6-1-4-15(12-17)13-19(25)23-8-3-9-24(11-10-23)20(26)16-5-2-7-18(22)14-16;/h1-2,4-7,12,14H,3,8-11,13,22H2;1H. The molecule has 0 saturated carbocycles. The molecule has 0 spiro atoms. The van der Waals surface area contributed by atoms with E-state index in [1.807, 2.05) is 0 Å². The summed E-state index contributed by atoms with van der Waals surface area (Å²) in [5, 5.41) is 0. The minimum Gasteiger partial charge on any atom is -0.399 e. The van der Waals surface area contributed by atoms with E-state index in [0.717, 1.165) is 0 Å². The number of hydrogen-bond donors (Lipinski definition) is 1. The molecule has 0 radical (unpaired) electrons. The number of carbonyl (C=O) groups is 2. The average molecular weight is 392 g/mol. The second-order valence-electron chi connectivity index (χ2n) is 6.46. The number of nitrogens with two attached hydrogens (primary N) is 1. The molecule has 2 aromatic carbocycles. The zero-order valence-corrected chi connectivity index (χ0v) is 15.8. The summed E-state index contributed by atoms with van der Waals surface area (Å²) in [4.78, 5) is 28.6. The molecule has 5 nitrogen and oxygen atoms in total. The third-order valence-corrected chi connectivity index (χ3v) is 4.51. The van der Waals surface area contributed by atoms with Crippen molar-refractivity contribution in [2.75, 3.05) is 31.9 Å². The first-order valence-corrected chi connectivity index (χ1v) is 8.70. The van der Waals surface area contributed by atoms with Gasteiger partial charge in [-0.05, 0) is 42.3 Å². The molecule has 0 bridgehead atoms. The van der Waals surface area contributed by atoms with Gasteiger partial charge < -0.3 is 15.5 Å². The van der Waals surface area contributed by atoms with Crippen LogP contribution in [0.1, 0.15) is 22.3 Å². The van der Waals surface area contributed by atoms with E-state index in [-0.39, 0.29) is 36.5 Å². The molecule has 3 rings (SSSR count). The summed E-state index contributed by atoms with van der Waals surface area (Å²) in [7, 11) is 0. The molecule has 1 heterocycles. The molecule has 2 N–H and O–H groups in total. The lowest BCUT2D eigenvalue weighted by molar-refractivity contribution is -0.130. The third kappa shape index (κ3) is 5.44. The van der Waals surface area contributed by atoms with Gasteiger partial charge in [0.25, 0.3) is 5.91 Å². The van der Waals surface area contributed by atoms with Gasteiger partial charge in [-0.3, -0.25) is 9.59 Å². The van der Waals surface area contributed by atoms with Gasteiger partial charge in [0.1, 0.15) is 5.82 Å². The molecule has 2 amide bonds. The summed E-state index contributed by atoms with van der Waals surface area (Å²) < 4.78 is 13.3. The Balaban J connectivity index is 0.00000261. The van der Waals surface area contributed by atoms with Crippen molar-refractivity contribution in [1.29, 1.82) is 0 Å². The van der Waals surface area contributed by atoms with E-state index in [4.69, 9.17) is 5.73 Å². The number of hydrogen-bond acceptors (Lipinski definition) is 3. The average Bonchev–Trinajstić information content (AvgIpc) is 2.87. The van der Waals surface area contributed by atoms with Crippen LogP contribution in [0.5, 0.6) is 0 Å². The van der Waals surface area contributed by atoms with Crippen molar-refractivity contribution >= 4 is 29.9 Å². The van der Waals surface area contributed by atoms with Gasteiger partial charge in [0.2, 0.25) is 5.91 Å². The molecule has 1 aliphatic rings. The Morgan fingerprint density at radius 2 is 1.67 bits per heavy atom. The number of benzene rings is 2. The Morgan fingerprint density at radius 3 is 2.41 bits per heavy atom. The quantitative estimate of drug-likeness (QED) is 0.818. The monoisotopic (exact) mass is 391 g/mol. The fraction of sp³-hybridized carbons (Fsp3) is 0.300. The maximum Gasteiger partial charge on any atom is 0.253 e. The van der Waals surface area contributed by atoms with Crippen LogP contribution in [0.4, 0.5) is 10.1 Å². The van der Waals surface area contributed by atoms with Crippen molar-refractivity contribution in [2.45, 2.75) is 12.8 Å². The highest BCUT2D eigenvalue weighted by Gasteiger charge is 2.23. The van der Waals surface area contributed by atoms with E-state index in [9.17, 15) is 14.0 Å². The summed E-state index contributed by atoms with van der Waals surface area (Å²) in [5.41, 5.74) is 7.52. The number of halogens is 2. The van der Waals surface area contributed by atoms with Crippen LogP contribution < -0.4 is 5.73 Å². The van der Waals surface area contributed by atoms with Crippen LogP contribution in [0.2, 0.25) is 0 Å². The van der Waals surface area contributed by atoms with Crippen molar-refractivity contribution in [3.63, 3.8) is 0 Å². The minimum atomic E-state index is -0.343. The first kappa shape index (κ1) is 20.7. The third-order valence-electron chi connectivity index (χ3n) is 4.51. The molecule has 1 fully saturated rings. The molecule has 0 aromatic heterocycles. The number of anilines is 1. The van der Waals surface area contributed by atoms with Crippen molar-refractivity contribution < 1.29 is 14.0 Å². The van der Waals surface area contributed by atoms with Crippen LogP contribution in [-0.2, 0) is 11.2 Å². The topological polar surface area (TPSA) is 66.6 Å². The van der Waals surface area contributed by atoms with Crippen LogP contribution in [0, 0.1) is 5.82 Å². The minimum absolute atomic E-state index is 0. The Labute approximate surface area is 164 Å². The van der Waals surface area contributed by atoms with E-state index in [2.05, 4.69) is 0 Å².